The van der Waals surface area contributed by atoms with Gasteiger partial charge in [-0.2, -0.15) is 0 Å². The second kappa shape index (κ2) is 6.82. The summed E-state index contributed by atoms with van der Waals surface area (Å²) in [5.41, 5.74) is 0.341. The molecule has 0 aliphatic carbocycles. The highest BCUT2D eigenvalue weighted by Gasteiger charge is 2.36. The summed E-state index contributed by atoms with van der Waals surface area (Å²) in [6.45, 7) is 12.0. The quantitative estimate of drug-likeness (QED) is 0.436. The van der Waals surface area contributed by atoms with Gasteiger partial charge in [-0.1, -0.05) is 20.8 Å². The smallest absolute Gasteiger partial charge is 0.214 e. The number of rotatable bonds is 6. The Hall–Kier alpha value is -0.723. The van der Waals surface area contributed by atoms with E-state index in [0.29, 0.717) is 35.5 Å². The predicted octanol–water partition coefficient (Wildman–Crippen LogP) is 4.06. The normalized spacial score (nSPS) is 12.3. The second-order valence-corrected chi connectivity index (χ2v) is 11.8. The summed E-state index contributed by atoms with van der Waals surface area (Å²) in [4.78, 5) is 14.9. The first-order chi connectivity index (χ1) is 9.17. The lowest BCUT2D eigenvalue weighted by atomic mass is 10.2. The van der Waals surface area contributed by atoms with E-state index < -0.39 is 8.32 Å². The number of halogens is 1. The summed E-state index contributed by atoms with van der Waals surface area (Å²) in [5, 5.41) is 0.188. The molecule has 0 unspecified atom stereocenters. The summed E-state index contributed by atoms with van der Waals surface area (Å²) in [6, 6.07) is 3.48. The molecule has 0 amide bonds. The van der Waals surface area contributed by atoms with E-state index in [1.165, 1.54) is 0 Å². The first-order valence-corrected chi connectivity index (χ1v) is 10.3. The molecule has 0 saturated carbocycles. The van der Waals surface area contributed by atoms with Gasteiger partial charge in [-0.15, -0.1) is 0 Å². The van der Waals surface area contributed by atoms with E-state index in [0.717, 1.165) is 0 Å². The van der Waals surface area contributed by atoms with E-state index in [-0.39, 0.29) is 5.04 Å². The van der Waals surface area contributed by atoms with Crippen molar-refractivity contribution in [1.82, 2.24) is 4.98 Å². The predicted molar refractivity (Wildman–Crippen MR) is 86.0 cm³/mol. The van der Waals surface area contributed by atoms with Gasteiger partial charge in [-0.3, -0.25) is 4.79 Å². The molecule has 0 spiro atoms. The SMILES string of the molecule is CC(C)(C)[Si](C)(C)OCCOc1ccc(Br)c(C=O)n1. The van der Waals surface area contributed by atoms with Crippen molar-refractivity contribution in [2.45, 2.75) is 38.9 Å². The van der Waals surface area contributed by atoms with Crippen molar-refractivity contribution in [3.63, 3.8) is 0 Å². The Labute approximate surface area is 130 Å². The van der Waals surface area contributed by atoms with Crippen molar-refractivity contribution < 1.29 is 14.0 Å². The standard InChI is InChI=1S/C14H22BrNO3Si/c1-14(2,3)20(4,5)19-9-8-18-13-7-6-11(15)12(10-17)16-13/h6-7,10H,8-9H2,1-5H3. The van der Waals surface area contributed by atoms with Crippen LogP contribution in [0.4, 0.5) is 0 Å². The monoisotopic (exact) mass is 359 g/mol. The molecule has 4 nitrogen and oxygen atoms in total. The van der Waals surface area contributed by atoms with Crippen LogP contribution < -0.4 is 4.74 Å². The van der Waals surface area contributed by atoms with Gasteiger partial charge >= 0.3 is 0 Å². The van der Waals surface area contributed by atoms with E-state index in [4.69, 9.17) is 9.16 Å². The van der Waals surface area contributed by atoms with Gasteiger partial charge in [0.2, 0.25) is 5.88 Å². The number of hydrogen-bond donors (Lipinski definition) is 0. The Morgan fingerprint density at radius 1 is 1.30 bits per heavy atom. The highest BCUT2D eigenvalue weighted by molar-refractivity contribution is 9.10. The molecule has 1 aromatic rings. The molecule has 0 bridgehead atoms. The van der Waals surface area contributed by atoms with Crippen molar-refractivity contribution in [2.24, 2.45) is 0 Å². The number of pyridine rings is 1. The van der Waals surface area contributed by atoms with Crippen LogP contribution in [0.5, 0.6) is 5.88 Å². The minimum absolute atomic E-state index is 0.188. The molecule has 1 aromatic heterocycles. The van der Waals surface area contributed by atoms with Crippen LogP contribution in [0.1, 0.15) is 31.3 Å². The van der Waals surface area contributed by atoms with Gasteiger partial charge < -0.3 is 9.16 Å². The summed E-state index contributed by atoms with van der Waals surface area (Å²) in [5.74, 6) is 0.439. The molecule has 20 heavy (non-hydrogen) atoms. The van der Waals surface area contributed by atoms with Crippen LogP contribution >= 0.6 is 15.9 Å². The lowest BCUT2D eigenvalue weighted by molar-refractivity contribution is 0.111. The number of carbonyl (C=O) groups excluding carboxylic acids is 1. The molecular formula is C14H22BrNO3Si. The molecule has 0 aliphatic rings. The molecule has 0 radical (unpaired) electrons. The number of aromatic nitrogens is 1. The molecular weight excluding hydrogens is 338 g/mol. The fourth-order valence-electron chi connectivity index (χ4n) is 1.26. The third kappa shape index (κ3) is 4.68. The Morgan fingerprint density at radius 2 is 1.95 bits per heavy atom. The molecule has 6 heteroatoms. The van der Waals surface area contributed by atoms with Gasteiger partial charge in [0.05, 0.1) is 6.61 Å². The van der Waals surface area contributed by atoms with E-state index >= 15 is 0 Å². The zero-order valence-electron chi connectivity index (χ0n) is 12.7. The van der Waals surface area contributed by atoms with Crippen LogP contribution in [0.3, 0.4) is 0 Å². The van der Waals surface area contributed by atoms with Gasteiger partial charge in [0.15, 0.2) is 14.6 Å². The molecule has 0 atom stereocenters. The number of aldehydes is 1. The second-order valence-electron chi connectivity index (χ2n) is 6.09. The van der Waals surface area contributed by atoms with Gasteiger partial charge in [-0.05, 0) is 40.1 Å². The Bertz CT molecular complexity index is 472. The fourth-order valence-corrected chi connectivity index (χ4v) is 2.60. The van der Waals surface area contributed by atoms with Crippen molar-refractivity contribution in [3.8, 4) is 5.88 Å². The van der Waals surface area contributed by atoms with Gasteiger partial charge in [0.25, 0.3) is 0 Å². The maximum atomic E-state index is 10.8. The molecule has 0 fully saturated rings. The Balaban J connectivity index is 2.48. The van der Waals surface area contributed by atoms with Gasteiger partial charge in [0.1, 0.15) is 12.3 Å². The number of carbonyl (C=O) groups is 1. The molecule has 1 heterocycles. The van der Waals surface area contributed by atoms with E-state index in [9.17, 15) is 4.79 Å². The molecule has 0 aromatic carbocycles. The summed E-state index contributed by atoms with van der Waals surface area (Å²) < 4.78 is 12.2. The minimum Gasteiger partial charge on any atom is -0.475 e. The van der Waals surface area contributed by atoms with Gasteiger partial charge in [-0.25, -0.2) is 4.98 Å². The van der Waals surface area contributed by atoms with E-state index in [1.807, 2.05) is 0 Å². The maximum absolute atomic E-state index is 10.8. The first kappa shape index (κ1) is 17.3. The van der Waals surface area contributed by atoms with Crippen molar-refractivity contribution in [2.75, 3.05) is 13.2 Å². The van der Waals surface area contributed by atoms with Crippen molar-refractivity contribution in [1.29, 1.82) is 0 Å². The zero-order valence-corrected chi connectivity index (χ0v) is 15.3. The average molecular weight is 360 g/mol. The first-order valence-electron chi connectivity index (χ1n) is 6.56. The highest BCUT2D eigenvalue weighted by Crippen LogP contribution is 2.36. The maximum Gasteiger partial charge on any atom is 0.214 e. The van der Waals surface area contributed by atoms with Crippen molar-refractivity contribution >= 4 is 30.5 Å². The number of nitrogens with zero attached hydrogens (tertiary/aromatic N) is 1. The molecule has 0 aliphatic heterocycles. The Morgan fingerprint density at radius 3 is 2.50 bits per heavy atom. The number of hydrogen-bond acceptors (Lipinski definition) is 4. The van der Waals surface area contributed by atoms with Crippen LogP contribution in [-0.4, -0.2) is 32.8 Å². The number of ether oxygens (including phenoxy) is 1. The molecule has 0 saturated heterocycles. The fraction of sp³-hybridized carbons (Fsp3) is 0.571. The summed E-state index contributed by atoms with van der Waals surface area (Å²) in [7, 11) is -1.73. The molecule has 112 valence electrons. The van der Waals surface area contributed by atoms with E-state index in [1.54, 1.807) is 12.1 Å². The highest BCUT2D eigenvalue weighted by atomic mass is 79.9. The lowest BCUT2D eigenvalue weighted by Crippen LogP contribution is -2.41. The molecule has 1 rings (SSSR count). The summed E-state index contributed by atoms with van der Waals surface area (Å²) >= 11 is 3.25. The van der Waals surface area contributed by atoms with Crippen LogP contribution in [0, 0.1) is 0 Å². The van der Waals surface area contributed by atoms with Crippen LogP contribution in [-0.2, 0) is 4.43 Å². The zero-order chi connectivity index (χ0) is 15.4. The lowest BCUT2D eigenvalue weighted by Gasteiger charge is -2.36. The molecule has 0 N–H and O–H groups in total. The summed E-state index contributed by atoms with van der Waals surface area (Å²) in [6.07, 6.45) is 0.697. The minimum atomic E-state index is -1.73. The van der Waals surface area contributed by atoms with Crippen molar-refractivity contribution in [3.05, 3.63) is 22.3 Å². The Kier molecular flexibility index (Phi) is 5.91. The largest absolute Gasteiger partial charge is 0.475 e. The van der Waals surface area contributed by atoms with Crippen LogP contribution in [0.2, 0.25) is 18.1 Å². The topological polar surface area (TPSA) is 48.4 Å². The van der Waals surface area contributed by atoms with Crippen LogP contribution in [0.25, 0.3) is 0 Å². The van der Waals surface area contributed by atoms with Crippen LogP contribution in [0.15, 0.2) is 16.6 Å². The third-order valence-electron chi connectivity index (χ3n) is 3.56. The average Bonchev–Trinajstić information content (AvgIpc) is 2.35. The van der Waals surface area contributed by atoms with Gasteiger partial charge in [0, 0.05) is 10.5 Å². The third-order valence-corrected chi connectivity index (χ3v) is 8.77. The van der Waals surface area contributed by atoms with E-state index in [2.05, 4.69) is 54.8 Å².